The molecule has 1 N–H and O–H groups in total. The maximum Gasteiger partial charge on any atom is 0.253 e. The number of hydrogen-bond donors (Lipinski definition) is 1. The van der Waals surface area contributed by atoms with Gasteiger partial charge in [-0.2, -0.15) is 0 Å². The maximum absolute atomic E-state index is 12.3. The Morgan fingerprint density at radius 3 is 2.58 bits per heavy atom. The third-order valence-corrected chi connectivity index (χ3v) is 4.14. The average Bonchev–Trinajstić information content (AvgIpc) is 2.46. The number of carbonyl (C=O) groups excluding carboxylic acids is 2. The molecule has 0 aliphatic carbocycles. The highest BCUT2D eigenvalue weighted by atomic mass is 127. The molecule has 0 radical (unpaired) electrons. The summed E-state index contributed by atoms with van der Waals surface area (Å²) in [6, 6.07) is 7.60. The lowest BCUT2D eigenvalue weighted by molar-refractivity contribution is -0.125. The smallest absolute Gasteiger partial charge is 0.253 e. The van der Waals surface area contributed by atoms with Crippen LogP contribution in [-0.2, 0) is 4.79 Å². The number of benzene rings is 1. The number of nitrogens with zero attached hydrogens (tertiary/aromatic N) is 1. The quantitative estimate of drug-likeness (QED) is 0.807. The van der Waals surface area contributed by atoms with Crippen LogP contribution < -0.4 is 5.32 Å². The molecule has 1 heterocycles. The second-order valence-corrected chi connectivity index (χ2v) is 5.94. The maximum atomic E-state index is 12.3. The number of piperidine rings is 1. The molecular weight excluding hydrogens is 355 g/mol. The number of carbonyl (C=O) groups is 2. The highest BCUT2D eigenvalue weighted by Crippen LogP contribution is 2.19. The van der Waals surface area contributed by atoms with Crippen molar-refractivity contribution in [2.75, 3.05) is 20.1 Å². The van der Waals surface area contributed by atoms with Crippen LogP contribution in [0.15, 0.2) is 24.3 Å². The molecule has 0 saturated carbocycles. The van der Waals surface area contributed by atoms with E-state index < -0.39 is 0 Å². The predicted molar refractivity (Wildman–Crippen MR) is 81.9 cm³/mol. The van der Waals surface area contributed by atoms with Gasteiger partial charge in [0.1, 0.15) is 0 Å². The summed E-state index contributed by atoms with van der Waals surface area (Å²) in [6.45, 7) is 1.31. The van der Waals surface area contributed by atoms with Crippen LogP contribution in [0, 0.1) is 9.49 Å². The molecule has 2 amide bonds. The lowest BCUT2D eigenvalue weighted by Gasteiger charge is -2.31. The van der Waals surface area contributed by atoms with Crippen molar-refractivity contribution in [3.8, 4) is 0 Å². The fourth-order valence-electron chi connectivity index (χ4n) is 2.35. The zero-order valence-corrected chi connectivity index (χ0v) is 13.0. The van der Waals surface area contributed by atoms with E-state index in [1.165, 1.54) is 0 Å². The summed E-state index contributed by atoms with van der Waals surface area (Å²) in [4.78, 5) is 25.7. The van der Waals surface area contributed by atoms with E-state index >= 15 is 0 Å². The van der Waals surface area contributed by atoms with Gasteiger partial charge < -0.3 is 10.2 Å². The molecule has 1 aromatic carbocycles. The van der Waals surface area contributed by atoms with Gasteiger partial charge in [0.2, 0.25) is 5.91 Å². The van der Waals surface area contributed by atoms with Crippen LogP contribution in [0.2, 0.25) is 0 Å². The van der Waals surface area contributed by atoms with Crippen LogP contribution in [0.25, 0.3) is 0 Å². The van der Waals surface area contributed by atoms with Crippen molar-refractivity contribution in [2.45, 2.75) is 12.8 Å². The van der Waals surface area contributed by atoms with Gasteiger partial charge >= 0.3 is 0 Å². The molecule has 4 nitrogen and oxygen atoms in total. The second kappa shape index (κ2) is 6.36. The Morgan fingerprint density at radius 2 is 2.00 bits per heavy atom. The molecule has 0 unspecified atom stereocenters. The van der Waals surface area contributed by atoms with Gasteiger partial charge in [-0.1, -0.05) is 6.07 Å². The summed E-state index contributed by atoms with van der Waals surface area (Å²) in [5.41, 5.74) is 0.727. The first-order valence-electron chi connectivity index (χ1n) is 6.38. The molecule has 2 rings (SSSR count). The van der Waals surface area contributed by atoms with Gasteiger partial charge in [0.15, 0.2) is 0 Å². The van der Waals surface area contributed by atoms with Gasteiger partial charge in [-0.3, -0.25) is 9.59 Å². The van der Waals surface area contributed by atoms with Crippen molar-refractivity contribution < 1.29 is 9.59 Å². The zero-order chi connectivity index (χ0) is 13.8. The third kappa shape index (κ3) is 3.46. The van der Waals surface area contributed by atoms with Crippen molar-refractivity contribution >= 4 is 34.4 Å². The number of halogens is 1. The van der Waals surface area contributed by atoms with E-state index in [2.05, 4.69) is 27.9 Å². The van der Waals surface area contributed by atoms with Gasteiger partial charge in [0.05, 0.1) is 0 Å². The SMILES string of the molecule is CNC(=O)C1CCN(C(=O)c2cccc(I)c2)CC1. The fraction of sp³-hybridized carbons (Fsp3) is 0.429. The van der Waals surface area contributed by atoms with E-state index in [4.69, 9.17) is 0 Å². The molecule has 1 aliphatic heterocycles. The summed E-state index contributed by atoms with van der Waals surface area (Å²) in [5, 5.41) is 2.67. The second-order valence-electron chi connectivity index (χ2n) is 4.69. The number of nitrogens with one attached hydrogen (secondary N) is 1. The Morgan fingerprint density at radius 1 is 1.32 bits per heavy atom. The lowest BCUT2D eigenvalue weighted by Crippen LogP contribution is -2.42. The minimum Gasteiger partial charge on any atom is -0.359 e. The minimum atomic E-state index is 0.0463. The normalized spacial score (nSPS) is 16.2. The monoisotopic (exact) mass is 372 g/mol. The zero-order valence-electron chi connectivity index (χ0n) is 10.9. The van der Waals surface area contributed by atoms with Gasteiger partial charge in [-0.15, -0.1) is 0 Å². The van der Waals surface area contributed by atoms with E-state index in [0.717, 1.165) is 22.0 Å². The molecule has 0 bridgehead atoms. The highest BCUT2D eigenvalue weighted by molar-refractivity contribution is 14.1. The molecule has 0 aromatic heterocycles. The van der Waals surface area contributed by atoms with E-state index in [0.29, 0.717) is 13.1 Å². The first-order chi connectivity index (χ1) is 9.11. The van der Waals surface area contributed by atoms with Crippen molar-refractivity contribution in [1.82, 2.24) is 10.2 Å². The summed E-state index contributed by atoms with van der Waals surface area (Å²) >= 11 is 2.20. The third-order valence-electron chi connectivity index (χ3n) is 3.47. The molecule has 0 spiro atoms. The van der Waals surface area contributed by atoms with Crippen LogP contribution >= 0.6 is 22.6 Å². The Labute approximate surface area is 126 Å². The number of amides is 2. The van der Waals surface area contributed by atoms with E-state index in [9.17, 15) is 9.59 Å². The van der Waals surface area contributed by atoms with Gasteiger partial charge in [0, 0.05) is 35.2 Å². The van der Waals surface area contributed by atoms with Crippen molar-refractivity contribution in [3.05, 3.63) is 33.4 Å². The molecule has 1 aliphatic rings. The van der Waals surface area contributed by atoms with Crippen LogP contribution in [0.3, 0.4) is 0 Å². The van der Waals surface area contributed by atoms with Crippen LogP contribution in [-0.4, -0.2) is 36.9 Å². The van der Waals surface area contributed by atoms with Gasteiger partial charge in [-0.25, -0.2) is 0 Å². The van der Waals surface area contributed by atoms with Crippen molar-refractivity contribution in [1.29, 1.82) is 0 Å². The van der Waals surface area contributed by atoms with Crippen LogP contribution in [0.5, 0.6) is 0 Å². The first-order valence-corrected chi connectivity index (χ1v) is 7.46. The standard InChI is InChI=1S/C14H17IN2O2/c1-16-13(18)10-5-7-17(8-6-10)14(19)11-3-2-4-12(15)9-11/h2-4,9-10H,5-8H2,1H3,(H,16,18). The number of likely N-dealkylation sites (tertiary alicyclic amines) is 1. The molecule has 102 valence electrons. The molecule has 5 heteroatoms. The van der Waals surface area contributed by atoms with Gasteiger partial charge in [-0.05, 0) is 53.6 Å². The van der Waals surface area contributed by atoms with Crippen LogP contribution in [0.1, 0.15) is 23.2 Å². The molecule has 0 atom stereocenters. The van der Waals surface area contributed by atoms with Gasteiger partial charge in [0.25, 0.3) is 5.91 Å². The molecule has 1 fully saturated rings. The summed E-state index contributed by atoms with van der Waals surface area (Å²) in [5.74, 6) is 0.195. The van der Waals surface area contributed by atoms with E-state index in [-0.39, 0.29) is 17.7 Å². The van der Waals surface area contributed by atoms with E-state index in [1.807, 2.05) is 29.2 Å². The van der Waals surface area contributed by atoms with Crippen molar-refractivity contribution in [3.63, 3.8) is 0 Å². The molecular formula is C14H17IN2O2. The summed E-state index contributed by atoms with van der Waals surface area (Å²) in [7, 11) is 1.66. The number of hydrogen-bond acceptors (Lipinski definition) is 2. The minimum absolute atomic E-state index is 0.0463. The largest absolute Gasteiger partial charge is 0.359 e. The molecule has 1 saturated heterocycles. The Hall–Kier alpha value is -1.11. The average molecular weight is 372 g/mol. The number of rotatable bonds is 2. The Balaban J connectivity index is 1.98. The Bertz CT molecular complexity index is 482. The lowest BCUT2D eigenvalue weighted by atomic mass is 9.95. The van der Waals surface area contributed by atoms with Crippen LogP contribution in [0.4, 0.5) is 0 Å². The first kappa shape index (κ1) is 14.3. The summed E-state index contributed by atoms with van der Waals surface area (Å²) < 4.78 is 1.06. The van der Waals surface area contributed by atoms with E-state index in [1.54, 1.807) is 7.05 Å². The fourth-order valence-corrected chi connectivity index (χ4v) is 2.90. The Kier molecular flexibility index (Phi) is 4.79. The molecule has 19 heavy (non-hydrogen) atoms. The highest BCUT2D eigenvalue weighted by Gasteiger charge is 2.27. The van der Waals surface area contributed by atoms with Crippen molar-refractivity contribution in [2.24, 2.45) is 5.92 Å². The summed E-state index contributed by atoms with van der Waals surface area (Å²) in [6.07, 6.45) is 1.49. The molecule has 1 aromatic rings. The predicted octanol–water partition coefficient (Wildman–Crippen LogP) is 1.89. The topological polar surface area (TPSA) is 49.4 Å².